The predicted octanol–water partition coefficient (Wildman–Crippen LogP) is 7.36. The van der Waals surface area contributed by atoms with Crippen molar-refractivity contribution >= 4 is 11.6 Å². The monoisotopic (exact) mass is 905 g/mol. The molecule has 0 bridgehead atoms. The Kier molecular flexibility index (Phi) is 18.2. The molecule has 66 heavy (non-hydrogen) atoms. The van der Waals surface area contributed by atoms with Crippen molar-refractivity contribution in [1.29, 1.82) is 0 Å². The second-order valence-electron chi connectivity index (χ2n) is 19.9. The summed E-state index contributed by atoms with van der Waals surface area (Å²) >= 11 is 0. The maximum absolute atomic E-state index is 14.9. The van der Waals surface area contributed by atoms with Gasteiger partial charge in [-0.05, 0) is 146 Å². The third-order valence-corrected chi connectivity index (χ3v) is 14.3. The molecular weight excluding hydrogens is 829 g/mol. The first-order valence-corrected chi connectivity index (χ1v) is 24.5. The van der Waals surface area contributed by atoms with Crippen LogP contribution in [0.25, 0.3) is 0 Å². The molecule has 1 fully saturated rings. The smallest absolute Gasteiger partial charge is 0.173 e. The van der Waals surface area contributed by atoms with Gasteiger partial charge in [0.25, 0.3) is 0 Å². The lowest BCUT2D eigenvalue weighted by Crippen LogP contribution is -2.40. The number of nitrogens with one attached hydrogen (secondary N) is 3. The van der Waals surface area contributed by atoms with Gasteiger partial charge < -0.3 is 46.5 Å². The summed E-state index contributed by atoms with van der Waals surface area (Å²) in [5, 5.41) is 51.5. The molecule has 1 aliphatic heterocycles. The predicted molar refractivity (Wildman–Crippen MR) is 261 cm³/mol. The molecular formula is C55H76N4O7. The highest BCUT2D eigenvalue weighted by molar-refractivity contribution is 6.06. The number of fused-ring (bicyclic) bond motifs is 2. The zero-order chi connectivity index (χ0) is 47.5. The van der Waals surface area contributed by atoms with Crippen molar-refractivity contribution in [3.8, 4) is 23.3 Å². The molecule has 9 N–H and O–H groups in total. The van der Waals surface area contributed by atoms with E-state index in [-0.39, 0.29) is 48.0 Å². The number of aromatic amines is 1. The standard InChI is InChI=1S/C55H76N4O7/c1-7-10-45(50(62)28-43-25-42(32-59-43)34(4)30-57-31-35(5)60)41-23-37(21-36-19-20-58-53(56)24-36)22-39-15-17-46(44-12-9-8-11-38(44)14-13-33(2)3)47-29-51(63)52(66-6)27-40(47)16-18-49(61)55(65)54(64)48(39)26-41/h8-9,11-12,19,24-25,27,29,32-35,37,39,41,45-46,48,50,55,57-60,62-63,65H,7,10,13-14,16,18,20-23,26,28,30-31,56H2,1-6H3/t34-,35+,37+,39-,41-,45+,46-,48+,50-,55+/m1/s1. The van der Waals surface area contributed by atoms with Gasteiger partial charge in [-0.2, -0.15) is 0 Å². The molecule has 2 heterocycles. The SMILES string of the molecule is CCC[C@@H]([C@@H]1C[C@@H](CC2=CCNC(N)=C2)C[C@H]2C#C[C@H](c3ccccc3CCC(C)C)c3cc(O)c(OC)cc3CCC(=O)[C@H](O)C(=O)[C@H]2C1)[C@H](O)Cc1cc([C@H](C)CNC[C@H](C)O)c[nH]1. The van der Waals surface area contributed by atoms with Crippen molar-refractivity contribution in [2.75, 3.05) is 26.7 Å². The first-order chi connectivity index (χ1) is 31.6. The summed E-state index contributed by atoms with van der Waals surface area (Å²) < 4.78 is 5.55. The van der Waals surface area contributed by atoms with E-state index < -0.39 is 47.6 Å². The quantitative estimate of drug-likeness (QED) is 0.0473. The molecule has 2 aromatic carbocycles. The lowest BCUT2D eigenvalue weighted by molar-refractivity contribution is -0.142. The molecule has 10 atom stereocenters. The van der Waals surface area contributed by atoms with Crippen molar-refractivity contribution in [1.82, 2.24) is 15.6 Å². The average Bonchev–Trinajstić information content (AvgIpc) is 3.68. The van der Waals surface area contributed by atoms with Crippen molar-refractivity contribution in [3.63, 3.8) is 0 Å². The molecule has 11 heteroatoms. The van der Waals surface area contributed by atoms with E-state index in [4.69, 9.17) is 10.5 Å². The van der Waals surface area contributed by atoms with Crippen molar-refractivity contribution in [2.45, 2.75) is 135 Å². The minimum absolute atomic E-state index is 0.0236. The van der Waals surface area contributed by atoms with Gasteiger partial charge in [0, 0.05) is 56.2 Å². The molecule has 1 aromatic heterocycles. The number of hydrogen-bond donors (Lipinski definition) is 8. The molecule has 11 nitrogen and oxygen atoms in total. The first kappa shape index (κ1) is 50.6. The second-order valence-corrected chi connectivity index (χ2v) is 19.9. The van der Waals surface area contributed by atoms with E-state index in [0.717, 1.165) is 71.2 Å². The van der Waals surface area contributed by atoms with E-state index in [2.05, 4.69) is 79.4 Å². The molecule has 0 saturated heterocycles. The number of aromatic hydroxyl groups is 1. The minimum Gasteiger partial charge on any atom is -0.504 e. The van der Waals surface area contributed by atoms with E-state index in [9.17, 15) is 30.0 Å². The Morgan fingerprint density at radius 2 is 1.76 bits per heavy atom. The van der Waals surface area contributed by atoms with E-state index >= 15 is 0 Å². The molecule has 6 rings (SSSR count). The molecule has 1 saturated carbocycles. The largest absolute Gasteiger partial charge is 0.504 e. The fraction of sp³-hybridized carbons (Fsp3) is 0.564. The van der Waals surface area contributed by atoms with E-state index in [1.165, 1.54) is 7.11 Å². The number of hydrogen-bond acceptors (Lipinski definition) is 10. The Bertz CT molecular complexity index is 2230. The topological polar surface area (TPSA) is 190 Å². The summed E-state index contributed by atoms with van der Waals surface area (Å²) in [7, 11) is 1.49. The Morgan fingerprint density at radius 3 is 2.48 bits per heavy atom. The van der Waals surface area contributed by atoms with Crippen molar-refractivity contribution in [2.24, 2.45) is 41.2 Å². The zero-order valence-corrected chi connectivity index (χ0v) is 40.1. The maximum atomic E-state index is 14.9. The molecule has 2 aliphatic carbocycles. The van der Waals surface area contributed by atoms with Crippen LogP contribution in [0.5, 0.6) is 11.5 Å². The summed E-state index contributed by atoms with van der Waals surface area (Å²) in [6.45, 7) is 12.3. The number of ketones is 2. The number of Topliss-reactive ketones (excluding diaryl/α,β-unsaturated/α-hetero) is 2. The number of nitrogens with two attached hydrogens (primary N) is 1. The highest BCUT2D eigenvalue weighted by Crippen LogP contribution is 2.45. The number of methoxy groups -OCH3 is 1. The molecule has 358 valence electrons. The highest BCUT2D eigenvalue weighted by atomic mass is 16.5. The molecule has 0 unspecified atom stereocenters. The van der Waals surface area contributed by atoms with Gasteiger partial charge >= 0.3 is 0 Å². The molecule has 0 spiro atoms. The number of carbonyl (C=O) groups excluding carboxylic acids is 2. The normalized spacial score (nSPS) is 24.4. The highest BCUT2D eigenvalue weighted by Gasteiger charge is 2.43. The number of aliphatic hydroxyl groups excluding tert-OH is 3. The number of rotatable bonds is 18. The fourth-order valence-corrected chi connectivity index (χ4v) is 10.7. The van der Waals surface area contributed by atoms with Crippen LogP contribution < -0.4 is 21.1 Å². The van der Waals surface area contributed by atoms with Gasteiger partial charge in [0.1, 0.15) is 0 Å². The number of carbonyl (C=O) groups is 2. The van der Waals surface area contributed by atoms with Crippen LogP contribution in [-0.2, 0) is 28.9 Å². The van der Waals surface area contributed by atoms with Gasteiger partial charge in [-0.25, -0.2) is 0 Å². The van der Waals surface area contributed by atoms with Gasteiger partial charge in [0.2, 0.25) is 0 Å². The maximum Gasteiger partial charge on any atom is 0.173 e. The number of aryl methyl sites for hydroxylation is 2. The van der Waals surface area contributed by atoms with E-state index in [0.29, 0.717) is 57.1 Å². The molecule has 3 aliphatic rings. The Hall–Kier alpha value is -4.86. The van der Waals surface area contributed by atoms with Crippen LogP contribution >= 0.6 is 0 Å². The third kappa shape index (κ3) is 13.2. The number of ether oxygens (including phenoxy) is 1. The Balaban J connectivity index is 1.44. The van der Waals surface area contributed by atoms with E-state index in [1.807, 2.05) is 24.4 Å². The second kappa shape index (κ2) is 23.7. The van der Waals surface area contributed by atoms with E-state index in [1.54, 1.807) is 19.1 Å². The Labute approximate surface area is 393 Å². The lowest BCUT2D eigenvalue weighted by atomic mass is 9.73. The number of benzene rings is 2. The summed E-state index contributed by atoms with van der Waals surface area (Å²) in [5.41, 5.74) is 13.2. The number of H-pyrrole nitrogens is 1. The Morgan fingerprint density at radius 1 is 0.970 bits per heavy atom. The van der Waals surface area contributed by atoms with Crippen molar-refractivity contribution in [3.05, 3.63) is 106 Å². The summed E-state index contributed by atoms with van der Waals surface area (Å²) in [4.78, 5) is 32.3. The summed E-state index contributed by atoms with van der Waals surface area (Å²) in [6, 6.07) is 13.9. The van der Waals surface area contributed by atoms with Crippen molar-refractivity contribution < 1.29 is 34.8 Å². The lowest BCUT2D eigenvalue weighted by Gasteiger charge is -2.33. The fourth-order valence-electron chi connectivity index (χ4n) is 10.7. The summed E-state index contributed by atoms with van der Waals surface area (Å²) in [6.07, 6.45) is 9.48. The van der Waals surface area contributed by atoms with Crippen LogP contribution in [0.4, 0.5) is 0 Å². The van der Waals surface area contributed by atoms with Crippen LogP contribution in [0.15, 0.2) is 72.2 Å². The average molecular weight is 905 g/mol. The van der Waals surface area contributed by atoms with Crippen LogP contribution in [0.3, 0.4) is 0 Å². The number of aliphatic hydroxyl groups is 3. The zero-order valence-electron chi connectivity index (χ0n) is 40.1. The third-order valence-electron chi connectivity index (χ3n) is 14.3. The summed E-state index contributed by atoms with van der Waals surface area (Å²) in [5.74, 6) is 5.92. The van der Waals surface area contributed by atoms with Gasteiger partial charge in [0.15, 0.2) is 29.2 Å². The van der Waals surface area contributed by atoms with Gasteiger partial charge in [-0.15, -0.1) is 0 Å². The molecule has 0 radical (unpaired) electrons. The number of aromatic nitrogens is 1. The van der Waals surface area contributed by atoms with Crippen LogP contribution in [0, 0.1) is 47.3 Å². The molecule has 3 aromatic rings. The number of phenols is 1. The van der Waals surface area contributed by atoms with Gasteiger partial charge in [-0.1, -0.05) is 76.3 Å². The number of allylic oxidation sites excluding steroid dienone is 2. The number of phenolic OH excluding ortho intramolecular Hbond substituents is 1. The van der Waals surface area contributed by atoms with Gasteiger partial charge in [0.05, 0.1) is 31.1 Å². The number of dihydropyridines is 1. The van der Waals surface area contributed by atoms with Crippen LogP contribution in [-0.4, -0.2) is 82.0 Å². The first-order valence-electron chi connectivity index (χ1n) is 24.5. The van der Waals surface area contributed by atoms with Crippen LogP contribution in [0.1, 0.15) is 131 Å². The van der Waals surface area contributed by atoms with Gasteiger partial charge in [-0.3, -0.25) is 9.59 Å². The van der Waals surface area contributed by atoms with Crippen LogP contribution in [0.2, 0.25) is 0 Å². The molecule has 0 amide bonds. The minimum atomic E-state index is -1.82.